The molecule has 0 amide bonds. The summed E-state index contributed by atoms with van der Waals surface area (Å²) in [5.74, 6) is -4.91. The second kappa shape index (κ2) is 28.5. The van der Waals surface area contributed by atoms with Gasteiger partial charge in [0, 0.05) is 6.42 Å². The lowest BCUT2D eigenvalue weighted by Crippen LogP contribution is -2.56. The van der Waals surface area contributed by atoms with E-state index in [0.29, 0.717) is 44.9 Å². The summed E-state index contributed by atoms with van der Waals surface area (Å²) in [6, 6.07) is 0. The maximum Gasteiger partial charge on any atom is 0.531 e. The highest BCUT2D eigenvalue weighted by Gasteiger charge is 2.51. The van der Waals surface area contributed by atoms with Gasteiger partial charge in [-0.3, -0.25) is 14.4 Å². The Kier molecular flexibility index (Phi) is 26.7. The maximum absolute atomic E-state index is 13.4. The molecule has 288 valence electrons. The molecule has 15 heteroatoms. The van der Waals surface area contributed by atoms with Crippen LogP contribution in [0, 0.1) is 0 Å². The molecule has 3 unspecified atom stereocenters. The number of Topliss-reactive ketones (excluding diaryl/α,β-unsaturated/α-hetero) is 1. The zero-order valence-corrected chi connectivity index (χ0v) is 32.0. The molecule has 50 heavy (non-hydrogen) atoms. The third-order valence-electron chi connectivity index (χ3n) is 6.88. The Balaban J connectivity index is 6.99. The third kappa shape index (κ3) is 21.2. The summed E-state index contributed by atoms with van der Waals surface area (Å²) in [5.41, 5.74) is 1.03. The van der Waals surface area contributed by atoms with E-state index in [0.717, 1.165) is 25.0 Å². The van der Waals surface area contributed by atoms with Crippen molar-refractivity contribution in [3.63, 3.8) is 0 Å². The average Bonchev–Trinajstić information content (AvgIpc) is 3.07. The molecule has 0 aromatic carbocycles. The highest BCUT2D eigenvalue weighted by molar-refractivity contribution is 6.66. The van der Waals surface area contributed by atoms with Gasteiger partial charge in [0.25, 0.3) is 0 Å². The SMILES string of the molecule is C=C[Si](OC(CC(C)=O)C(=O)OCCCC)(OC(CC(=O)OCCCC)C(=O)OCCCC)OC(CC(=O)OCCCC)C(=O)OCCCC. The minimum Gasteiger partial charge on any atom is -0.466 e. The summed E-state index contributed by atoms with van der Waals surface area (Å²) < 4.78 is 45.0. The minimum absolute atomic E-state index is 0.0110. The van der Waals surface area contributed by atoms with Crippen molar-refractivity contribution >= 4 is 44.4 Å². The van der Waals surface area contributed by atoms with Crippen LogP contribution >= 0.6 is 0 Å². The minimum atomic E-state index is -4.77. The van der Waals surface area contributed by atoms with E-state index in [1.54, 1.807) is 0 Å². The molecule has 0 aliphatic rings. The van der Waals surface area contributed by atoms with Gasteiger partial charge < -0.3 is 37.0 Å². The molecule has 0 rings (SSSR count). The van der Waals surface area contributed by atoms with Crippen molar-refractivity contribution in [1.82, 2.24) is 0 Å². The fraction of sp³-hybridized carbons (Fsp3) is 0.771. The lowest BCUT2D eigenvalue weighted by molar-refractivity contribution is -0.169. The monoisotopic (exact) mass is 732 g/mol. The first kappa shape index (κ1) is 46.9. The topological polar surface area (TPSA) is 176 Å². The highest BCUT2D eigenvalue weighted by atomic mass is 28.4. The van der Waals surface area contributed by atoms with Gasteiger partial charge >= 0.3 is 38.7 Å². The van der Waals surface area contributed by atoms with Gasteiger partial charge in [0.2, 0.25) is 0 Å². The van der Waals surface area contributed by atoms with Crippen LogP contribution in [-0.4, -0.2) is 95.8 Å². The van der Waals surface area contributed by atoms with Crippen molar-refractivity contribution in [2.45, 2.75) is 143 Å². The fourth-order valence-electron chi connectivity index (χ4n) is 3.91. The van der Waals surface area contributed by atoms with Crippen molar-refractivity contribution in [3.05, 3.63) is 12.3 Å². The van der Waals surface area contributed by atoms with E-state index in [4.69, 9.17) is 37.0 Å². The molecule has 0 saturated carbocycles. The summed E-state index contributed by atoms with van der Waals surface area (Å²) in [5, 5.41) is 0. The average molecular weight is 733 g/mol. The van der Waals surface area contributed by atoms with Gasteiger partial charge in [-0.05, 0) is 44.7 Å². The number of carbonyl (C=O) groups excluding carboxylic acids is 6. The Morgan fingerprint density at radius 2 is 0.780 bits per heavy atom. The number of hydrogen-bond acceptors (Lipinski definition) is 14. The van der Waals surface area contributed by atoms with Crippen molar-refractivity contribution in [1.29, 1.82) is 0 Å². The Morgan fingerprint density at radius 1 is 0.500 bits per heavy atom. The van der Waals surface area contributed by atoms with Crippen molar-refractivity contribution in [3.8, 4) is 0 Å². The van der Waals surface area contributed by atoms with Gasteiger partial charge in [-0.2, -0.15) is 0 Å². The summed E-state index contributed by atoms with van der Waals surface area (Å²) >= 11 is 0. The lowest BCUT2D eigenvalue weighted by atomic mass is 10.2. The first-order chi connectivity index (χ1) is 23.9. The number of hydrogen-bond donors (Lipinski definition) is 0. The van der Waals surface area contributed by atoms with E-state index in [9.17, 15) is 28.8 Å². The molecule has 3 atom stereocenters. The predicted molar refractivity (Wildman–Crippen MR) is 184 cm³/mol. The summed E-state index contributed by atoms with van der Waals surface area (Å²) in [7, 11) is -4.77. The molecule has 0 heterocycles. The summed E-state index contributed by atoms with van der Waals surface area (Å²) in [6.45, 7) is 14.8. The second-order valence-electron chi connectivity index (χ2n) is 11.7. The van der Waals surface area contributed by atoms with Gasteiger partial charge in [0.15, 0.2) is 18.3 Å². The van der Waals surface area contributed by atoms with Gasteiger partial charge in [0.1, 0.15) is 5.78 Å². The molecule has 14 nitrogen and oxygen atoms in total. The first-order valence-corrected chi connectivity index (χ1v) is 19.7. The summed E-state index contributed by atoms with van der Waals surface area (Å²) in [4.78, 5) is 78.0. The van der Waals surface area contributed by atoms with Crippen LogP contribution in [0.4, 0.5) is 0 Å². The van der Waals surface area contributed by atoms with Crippen molar-refractivity contribution in [2.24, 2.45) is 0 Å². The Hall–Kier alpha value is -3.14. The van der Waals surface area contributed by atoms with Gasteiger partial charge in [-0.1, -0.05) is 73.3 Å². The number of carbonyl (C=O) groups is 6. The van der Waals surface area contributed by atoms with E-state index < -0.39 is 82.0 Å². The lowest BCUT2D eigenvalue weighted by Gasteiger charge is -2.34. The molecular weight excluding hydrogens is 672 g/mol. The van der Waals surface area contributed by atoms with Crippen molar-refractivity contribution < 1.29 is 65.7 Å². The quantitative estimate of drug-likeness (QED) is 0.0389. The standard InChI is InChI=1S/C35H60O14Si/c1-8-14-19-42-31(37)25-29(34(40)45-22-17-11-4)48-50(13-6,47-28(24-27(7)36)33(39)44-21-16-10-3)49-30(35(41)46-23-18-12-5)26-32(38)43-20-15-9-2/h13,28-30H,6,8-12,14-26H2,1-5,7H3. The molecule has 0 N–H and O–H groups in total. The van der Waals surface area contributed by atoms with Crippen LogP contribution in [-0.2, 0) is 65.7 Å². The molecule has 0 radical (unpaired) electrons. The second-order valence-corrected chi connectivity index (χ2v) is 14.0. The normalized spacial score (nSPS) is 14.0. The fourth-order valence-corrected chi connectivity index (χ4v) is 6.10. The molecule has 0 fully saturated rings. The number of ketones is 1. The van der Waals surface area contributed by atoms with E-state index in [1.807, 2.05) is 34.6 Å². The number of rotatable bonds is 31. The Bertz CT molecular complexity index is 981. The molecule has 0 aliphatic heterocycles. The highest BCUT2D eigenvalue weighted by Crippen LogP contribution is 2.25. The van der Waals surface area contributed by atoms with E-state index in [1.165, 1.54) is 6.92 Å². The molecule has 0 spiro atoms. The van der Waals surface area contributed by atoms with Gasteiger partial charge in [-0.15, -0.1) is 0 Å². The molecule has 0 aromatic heterocycles. The Morgan fingerprint density at radius 3 is 1.04 bits per heavy atom. The molecule has 0 aliphatic carbocycles. The van der Waals surface area contributed by atoms with Crippen LogP contribution < -0.4 is 0 Å². The molecular formula is C35H60O14Si. The number of esters is 5. The van der Waals surface area contributed by atoms with Crippen LogP contribution in [0.2, 0.25) is 0 Å². The van der Waals surface area contributed by atoms with Crippen LogP contribution in [0.3, 0.4) is 0 Å². The van der Waals surface area contributed by atoms with Gasteiger partial charge in [0.05, 0.1) is 45.9 Å². The molecule has 0 saturated heterocycles. The van der Waals surface area contributed by atoms with Gasteiger partial charge in [-0.25, -0.2) is 14.4 Å². The van der Waals surface area contributed by atoms with E-state index >= 15 is 0 Å². The number of unbranched alkanes of at least 4 members (excludes halogenated alkanes) is 5. The van der Waals surface area contributed by atoms with Crippen LogP contribution in [0.25, 0.3) is 0 Å². The van der Waals surface area contributed by atoms with Crippen molar-refractivity contribution in [2.75, 3.05) is 33.0 Å². The smallest absolute Gasteiger partial charge is 0.466 e. The van der Waals surface area contributed by atoms with Crippen LogP contribution in [0.5, 0.6) is 0 Å². The molecule has 0 aromatic rings. The van der Waals surface area contributed by atoms with Crippen LogP contribution in [0.15, 0.2) is 12.3 Å². The third-order valence-corrected chi connectivity index (χ3v) is 9.22. The maximum atomic E-state index is 13.4. The zero-order valence-electron chi connectivity index (χ0n) is 31.0. The first-order valence-electron chi connectivity index (χ1n) is 17.9. The van der Waals surface area contributed by atoms with E-state index in [2.05, 4.69) is 6.58 Å². The molecule has 0 bridgehead atoms. The van der Waals surface area contributed by atoms with E-state index in [-0.39, 0.29) is 33.0 Å². The predicted octanol–water partition coefficient (Wildman–Crippen LogP) is 5.28. The number of ether oxygens (including phenoxy) is 5. The Labute approximate surface area is 298 Å². The van der Waals surface area contributed by atoms with Crippen LogP contribution in [0.1, 0.15) is 125 Å². The largest absolute Gasteiger partial charge is 0.531 e. The summed E-state index contributed by atoms with van der Waals surface area (Å²) in [6.07, 6.45) is -0.464. The zero-order chi connectivity index (χ0) is 37.8.